The smallest absolute Gasteiger partial charge is 0.259 e. The topological polar surface area (TPSA) is 105 Å². The molecule has 4 rings (SSSR count). The number of benzene rings is 3. The Balaban J connectivity index is 1.50. The first-order valence-corrected chi connectivity index (χ1v) is 11.8. The average Bonchev–Trinajstić information content (AvgIpc) is 3.07. The summed E-state index contributed by atoms with van der Waals surface area (Å²) in [5.41, 5.74) is 8.57. The lowest BCUT2D eigenvalue weighted by molar-refractivity contribution is -0.119. The number of anilines is 2. The number of carbonyl (C=O) groups is 3. The molecule has 1 unspecified atom stereocenters. The van der Waals surface area contributed by atoms with Gasteiger partial charge in [-0.2, -0.15) is 0 Å². The van der Waals surface area contributed by atoms with Gasteiger partial charge in [-0.15, -0.1) is 0 Å². The molecule has 3 amide bonds. The summed E-state index contributed by atoms with van der Waals surface area (Å²) in [6, 6.07) is 21.7. The first-order valence-electron chi connectivity index (χ1n) is 11.8. The van der Waals surface area contributed by atoms with Crippen LogP contribution in [-0.2, 0) is 4.79 Å². The molecule has 186 valence electrons. The first kappa shape index (κ1) is 24.9. The van der Waals surface area contributed by atoms with E-state index < -0.39 is 11.8 Å². The number of fused-ring (bicyclic) bond motifs is 1. The van der Waals surface area contributed by atoms with Gasteiger partial charge in [0.2, 0.25) is 0 Å². The van der Waals surface area contributed by atoms with Crippen LogP contribution in [0, 0.1) is 0 Å². The molecular formula is C28H30N4O4. The van der Waals surface area contributed by atoms with E-state index in [0.29, 0.717) is 17.8 Å². The summed E-state index contributed by atoms with van der Waals surface area (Å²) in [4.78, 5) is 41.4. The Morgan fingerprint density at radius 1 is 1.00 bits per heavy atom. The number of nitrogens with two attached hydrogens (primary N) is 1. The van der Waals surface area contributed by atoms with Crippen molar-refractivity contribution in [3.05, 3.63) is 89.5 Å². The maximum absolute atomic E-state index is 13.5. The number of amides is 3. The fraction of sp³-hybridized carbons (Fsp3) is 0.250. The maximum Gasteiger partial charge on any atom is 0.259 e. The first-order chi connectivity index (χ1) is 17.3. The van der Waals surface area contributed by atoms with Gasteiger partial charge in [-0.3, -0.25) is 14.4 Å². The second-order valence-electron chi connectivity index (χ2n) is 8.92. The van der Waals surface area contributed by atoms with Crippen molar-refractivity contribution < 1.29 is 19.1 Å². The van der Waals surface area contributed by atoms with Crippen molar-refractivity contribution in [2.75, 3.05) is 37.5 Å². The van der Waals surface area contributed by atoms with Gasteiger partial charge in [0, 0.05) is 29.5 Å². The van der Waals surface area contributed by atoms with Crippen LogP contribution in [0.4, 0.5) is 11.4 Å². The lowest BCUT2D eigenvalue weighted by atomic mass is 10.0. The second-order valence-corrected chi connectivity index (χ2v) is 8.92. The normalized spacial score (nSPS) is 15.1. The molecule has 3 aromatic rings. The molecule has 8 heteroatoms. The number of nitrogens with one attached hydrogen (secondary N) is 1. The number of hydrogen-bond acceptors (Lipinski definition) is 5. The van der Waals surface area contributed by atoms with E-state index in [1.54, 1.807) is 48.5 Å². The Hall–Kier alpha value is -4.17. The van der Waals surface area contributed by atoms with E-state index in [4.69, 9.17) is 10.5 Å². The van der Waals surface area contributed by atoms with Gasteiger partial charge in [-0.25, -0.2) is 0 Å². The van der Waals surface area contributed by atoms with Gasteiger partial charge in [-0.05, 0) is 75.0 Å². The lowest BCUT2D eigenvalue weighted by Crippen LogP contribution is -2.31. The van der Waals surface area contributed by atoms with Crippen LogP contribution in [0.25, 0.3) is 0 Å². The zero-order valence-electron chi connectivity index (χ0n) is 20.4. The predicted molar refractivity (Wildman–Crippen MR) is 139 cm³/mol. The zero-order valence-corrected chi connectivity index (χ0v) is 20.4. The summed E-state index contributed by atoms with van der Waals surface area (Å²) in [6.07, 6.45) is 1.87. The number of nitrogens with zero attached hydrogens (tertiary/aromatic N) is 2. The van der Waals surface area contributed by atoms with Crippen LogP contribution in [0.3, 0.4) is 0 Å². The largest absolute Gasteiger partial charge is 0.483 e. The highest BCUT2D eigenvalue weighted by atomic mass is 16.5. The van der Waals surface area contributed by atoms with Crippen LogP contribution in [0.15, 0.2) is 72.8 Å². The third kappa shape index (κ3) is 5.55. The van der Waals surface area contributed by atoms with Crippen LogP contribution in [0.5, 0.6) is 5.75 Å². The molecule has 36 heavy (non-hydrogen) atoms. The number of rotatable bonds is 7. The molecule has 1 atom stereocenters. The Kier molecular flexibility index (Phi) is 7.65. The number of para-hydroxylation sites is 2. The Labute approximate surface area is 210 Å². The predicted octanol–water partition coefficient (Wildman–Crippen LogP) is 3.85. The Morgan fingerprint density at radius 3 is 2.42 bits per heavy atom. The third-order valence-corrected chi connectivity index (χ3v) is 6.21. The molecule has 1 heterocycles. The molecule has 1 aliphatic heterocycles. The molecule has 0 aliphatic carbocycles. The monoisotopic (exact) mass is 486 g/mol. The Morgan fingerprint density at radius 2 is 1.69 bits per heavy atom. The lowest BCUT2D eigenvalue weighted by Gasteiger charge is -2.27. The summed E-state index contributed by atoms with van der Waals surface area (Å²) in [5.74, 6) is -0.846. The zero-order chi connectivity index (χ0) is 25.7. The highest BCUT2D eigenvalue weighted by Crippen LogP contribution is 2.36. The van der Waals surface area contributed by atoms with Crippen LogP contribution < -0.4 is 20.7 Å². The summed E-state index contributed by atoms with van der Waals surface area (Å²) < 4.78 is 5.35. The average molecular weight is 487 g/mol. The van der Waals surface area contributed by atoms with Gasteiger partial charge in [0.05, 0.1) is 5.56 Å². The van der Waals surface area contributed by atoms with Gasteiger partial charge in [0.15, 0.2) is 6.61 Å². The Bertz CT molecular complexity index is 1260. The van der Waals surface area contributed by atoms with Gasteiger partial charge < -0.3 is 25.6 Å². The minimum Gasteiger partial charge on any atom is -0.483 e. The highest BCUT2D eigenvalue weighted by Gasteiger charge is 2.28. The molecule has 3 aromatic carbocycles. The summed E-state index contributed by atoms with van der Waals surface area (Å²) >= 11 is 0. The van der Waals surface area contributed by atoms with Gasteiger partial charge in [-0.1, -0.05) is 30.3 Å². The number of hydrogen-bond donors (Lipinski definition) is 2. The van der Waals surface area contributed by atoms with E-state index in [0.717, 1.165) is 24.1 Å². The van der Waals surface area contributed by atoms with Crippen LogP contribution in [0.2, 0.25) is 0 Å². The minimum atomic E-state index is -0.630. The molecule has 0 saturated carbocycles. The maximum atomic E-state index is 13.5. The molecule has 3 N–H and O–H groups in total. The van der Waals surface area contributed by atoms with Crippen molar-refractivity contribution >= 4 is 29.1 Å². The van der Waals surface area contributed by atoms with E-state index in [9.17, 15) is 14.4 Å². The molecule has 0 spiro atoms. The van der Waals surface area contributed by atoms with E-state index in [2.05, 4.69) is 30.4 Å². The summed E-state index contributed by atoms with van der Waals surface area (Å²) in [5, 5.41) is 2.81. The van der Waals surface area contributed by atoms with E-state index in [-0.39, 0.29) is 29.9 Å². The minimum absolute atomic E-state index is 0.0788. The molecule has 1 aliphatic rings. The third-order valence-electron chi connectivity index (χ3n) is 6.21. The fourth-order valence-corrected chi connectivity index (χ4v) is 4.46. The molecule has 0 fully saturated rings. The standard InChI is InChI=1S/C28H30N4O4/c1-31(2)23-11-7-17-32(24-10-5-3-8-21(23)24)28(35)19-13-15-20(16-14-19)30-27(34)22-9-4-6-12-25(22)36-18-26(29)33/h3-6,8-10,12-16,23H,7,11,17-18H2,1-2H3,(H2,29,33)(H,30,34). The highest BCUT2D eigenvalue weighted by molar-refractivity contribution is 6.08. The summed E-state index contributed by atoms with van der Waals surface area (Å²) in [7, 11) is 4.13. The fourth-order valence-electron chi connectivity index (χ4n) is 4.46. The van der Waals surface area contributed by atoms with E-state index >= 15 is 0 Å². The van der Waals surface area contributed by atoms with Crippen LogP contribution in [-0.4, -0.2) is 49.9 Å². The van der Waals surface area contributed by atoms with Crippen molar-refractivity contribution in [3.63, 3.8) is 0 Å². The van der Waals surface area contributed by atoms with Gasteiger partial charge >= 0.3 is 0 Å². The SMILES string of the molecule is CN(C)C1CCCN(C(=O)c2ccc(NC(=O)c3ccccc3OCC(N)=O)cc2)c2ccccc21. The number of ether oxygens (including phenoxy) is 1. The van der Waals surface area contributed by atoms with Crippen LogP contribution in [0.1, 0.15) is 45.2 Å². The van der Waals surface area contributed by atoms with E-state index in [1.807, 2.05) is 23.1 Å². The van der Waals surface area contributed by atoms with Crippen molar-refractivity contribution in [1.82, 2.24) is 4.90 Å². The van der Waals surface area contributed by atoms with Crippen LogP contribution >= 0.6 is 0 Å². The number of primary amides is 1. The summed E-state index contributed by atoms with van der Waals surface area (Å²) in [6.45, 7) is 0.316. The van der Waals surface area contributed by atoms with E-state index in [1.165, 1.54) is 0 Å². The molecule has 0 bridgehead atoms. The van der Waals surface area contributed by atoms with Crippen molar-refractivity contribution in [2.45, 2.75) is 18.9 Å². The van der Waals surface area contributed by atoms with Crippen molar-refractivity contribution in [3.8, 4) is 5.75 Å². The molecule has 0 saturated heterocycles. The van der Waals surface area contributed by atoms with Gasteiger partial charge in [0.1, 0.15) is 5.75 Å². The number of carbonyl (C=O) groups excluding carboxylic acids is 3. The quantitative estimate of drug-likeness (QED) is 0.528. The van der Waals surface area contributed by atoms with Gasteiger partial charge in [0.25, 0.3) is 17.7 Å². The second kappa shape index (κ2) is 11.0. The van der Waals surface area contributed by atoms with Crippen molar-refractivity contribution in [1.29, 1.82) is 0 Å². The molecule has 0 aromatic heterocycles. The van der Waals surface area contributed by atoms with Crippen molar-refractivity contribution in [2.24, 2.45) is 5.73 Å². The molecular weight excluding hydrogens is 456 g/mol. The molecule has 8 nitrogen and oxygen atoms in total. The molecule has 0 radical (unpaired) electrons.